The first-order valence-corrected chi connectivity index (χ1v) is 9.52. The van der Waals surface area contributed by atoms with Crippen LogP contribution in [0.5, 0.6) is 5.75 Å². The van der Waals surface area contributed by atoms with Gasteiger partial charge in [-0.2, -0.15) is 0 Å². The van der Waals surface area contributed by atoms with E-state index in [1.54, 1.807) is 31.4 Å². The number of hydrogen-bond acceptors (Lipinski definition) is 3. The number of likely N-dealkylation sites (N-methyl/N-ethyl adjacent to an activating group) is 1. The van der Waals surface area contributed by atoms with Gasteiger partial charge in [0, 0.05) is 5.69 Å². The topological polar surface area (TPSA) is 71.9 Å². The number of methoxy groups -OCH3 is 1. The monoisotopic (exact) mass is 384 g/mol. The Kier molecular flexibility index (Phi) is 8.02. The van der Waals surface area contributed by atoms with Crippen molar-refractivity contribution in [1.29, 1.82) is 0 Å². The van der Waals surface area contributed by atoms with E-state index < -0.39 is 0 Å². The van der Waals surface area contributed by atoms with Crippen molar-refractivity contribution in [2.45, 2.75) is 26.3 Å². The van der Waals surface area contributed by atoms with Gasteiger partial charge in [0.25, 0.3) is 11.8 Å². The van der Waals surface area contributed by atoms with E-state index in [1.807, 2.05) is 45.2 Å². The van der Waals surface area contributed by atoms with Gasteiger partial charge in [-0.1, -0.05) is 36.8 Å². The molecular weight excluding hydrogens is 354 g/mol. The molecule has 0 bridgehead atoms. The summed E-state index contributed by atoms with van der Waals surface area (Å²) in [6, 6.07) is 15.3. The molecule has 0 aliphatic heterocycles. The predicted molar refractivity (Wildman–Crippen MR) is 111 cm³/mol. The highest BCUT2D eigenvalue weighted by Crippen LogP contribution is 2.17. The number of ether oxygens (including phenoxy) is 1. The molecule has 2 rings (SSSR count). The van der Waals surface area contributed by atoms with Gasteiger partial charge in [0.2, 0.25) is 0 Å². The fourth-order valence-corrected chi connectivity index (χ4v) is 2.96. The average molecular weight is 385 g/mol. The molecule has 0 spiro atoms. The van der Waals surface area contributed by atoms with Crippen LogP contribution in [0.25, 0.3) is 0 Å². The fraction of sp³-hybridized carbons (Fsp3) is 0.364. The second kappa shape index (κ2) is 10.5. The van der Waals surface area contributed by atoms with Crippen molar-refractivity contribution in [3.8, 4) is 5.75 Å². The van der Waals surface area contributed by atoms with Crippen molar-refractivity contribution in [2.75, 3.05) is 32.6 Å². The summed E-state index contributed by atoms with van der Waals surface area (Å²) in [7, 11) is 3.43. The lowest BCUT2D eigenvalue weighted by Gasteiger charge is -2.19. The van der Waals surface area contributed by atoms with Crippen LogP contribution >= 0.6 is 0 Å². The zero-order valence-corrected chi connectivity index (χ0v) is 17.0. The second-order valence-corrected chi connectivity index (χ2v) is 7.03. The standard InChI is InChI=1S/C22H29N3O3/c1-5-20(17-8-6-16(2)7-9-17)24-22(27)15-25(3)14-21(26)23-18-10-12-19(28-4)13-11-18/h6-13,20H,5,14-15H2,1-4H3,(H,23,26)(H,24,27)/p+1/t20-/m0/s1. The summed E-state index contributed by atoms with van der Waals surface area (Å²) in [5.41, 5.74) is 2.99. The first-order valence-electron chi connectivity index (χ1n) is 9.52. The number of carbonyl (C=O) groups is 2. The van der Waals surface area contributed by atoms with Crippen molar-refractivity contribution in [2.24, 2.45) is 0 Å². The van der Waals surface area contributed by atoms with Crippen LogP contribution in [0.2, 0.25) is 0 Å². The molecular formula is C22H30N3O3+. The molecule has 0 saturated carbocycles. The number of aryl methyl sites for hydroxylation is 1. The van der Waals surface area contributed by atoms with Crippen LogP contribution in [0.3, 0.4) is 0 Å². The molecule has 0 heterocycles. The van der Waals surface area contributed by atoms with Crippen molar-refractivity contribution in [3.05, 3.63) is 59.7 Å². The molecule has 0 saturated heterocycles. The van der Waals surface area contributed by atoms with Crippen molar-refractivity contribution in [1.82, 2.24) is 5.32 Å². The molecule has 6 nitrogen and oxygen atoms in total. The lowest BCUT2D eigenvalue weighted by atomic mass is 10.0. The first-order chi connectivity index (χ1) is 13.4. The smallest absolute Gasteiger partial charge is 0.279 e. The molecule has 2 atom stereocenters. The number of quaternary nitrogens is 1. The Bertz CT molecular complexity index is 773. The number of amides is 2. The number of carbonyl (C=O) groups excluding carboxylic acids is 2. The summed E-state index contributed by atoms with van der Waals surface area (Å²) >= 11 is 0. The van der Waals surface area contributed by atoms with Crippen LogP contribution in [0.1, 0.15) is 30.5 Å². The molecule has 0 aliphatic carbocycles. The van der Waals surface area contributed by atoms with E-state index >= 15 is 0 Å². The molecule has 6 heteroatoms. The lowest BCUT2D eigenvalue weighted by Crippen LogP contribution is -3.11. The van der Waals surface area contributed by atoms with E-state index in [0.717, 1.165) is 22.6 Å². The minimum Gasteiger partial charge on any atom is -0.497 e. The van der Waals surface area contributed by atoms with Crippen molar-refractivity contribution < 1.29 is 19.2 Å². The van der Waals surface area contributed by atoms with Gasteiger partial charge in [0.15, 0.2) is 13.1 Å². The second-order valence-electron chi connectivity index (χ2n) is 7.03. The van der Waals surface area contributed by atoms with Crippen LogP contribution in [0.15, 0.2) is 48.5 Å². The van der Waals surface area contributed by atoms with Gasteiger partial charge in [-0.05, 0) is 43.2 Å². The molecule has 1 unspecified atom stereocenters. The average Bonchev–Trinajstić information content (AvgIpc) is 2.67. The molecule has 0 aliphatic rings. The van der Waals surface area contributed by atoms with E-state index in [1.165, 1.54) is 5.56 Å². The summed E-state index contributed by atoms with van der Waals surface area (Å²) < 4.78 is 5.10. The van der Waals surface area contributed by atoms with E-state index in [9.17, 15) is 9.59 Å². The van der Waals surface area contributed by atoms with Crippen LogP contribution in [0.4, 0.5) is 5.69 Å². The highest BCUT2D eigenvalue weighted by molar-refractivity contribution is 5.91. The minimum atomic E-state index is -0.138. The van der Waals surface area contributed by atoms with Gasteiger partial charge in [-0.3, -0.25) is 9.59 Å². The van der Waals surface area contributed by atoms with E-state index in [0.29, 0.717) is 5.69 Å². The maximum atomic E-state index is 12.4. The molecule has 2 aromatic rings. The Morgan fingerprint density at radius 3 is 2.18 bits per heavy atom. The van der Waals surface area contributed by atoms with Crippen LogP contribution < -0.4 is 20.3 Å². The molecule has 2 aromatic carbocycles. The minimum absolute atomic E-state index is 0.0194. The van der Waals surface area contributed by atoms with Gasteiger partial charge in [-0.15, -0.1) is 0 Å². The molecule has 28 heavy (non-hydrogen) atoms. The molecule has 0 fully saturated rings. The first kappa shape index (κ1) is 21.4. The Labute approximate surface area is 166 Å². The molecule has 0 radical (unpaired) electrons. The van der Waals surface area contributed by atoms with E-state index in [2.05, 4.69) is 10.6 Å². The Morgan fingerprint density at radius 2 is 1.61 bits per heavy atom. The summed E-state index contributed by atoms with van der Waals surface area (Å²) in [4.78, 5) is 25.4. The number of nitrogens with one attached hydrogen (secondary N) is 3. The van der Waals surface area contributed by atoms with Gasteiger partial charge in [0.1, 0.15) is 5.75 Å². The maximum absolute atomic E-state index is 12.4. The van der Waals surface area contributed by atoms with Crippen molar-refractivity contribution >= 4 is 17.5 Å². The summed E-state index contributed by atoms with van der Waals surface area (Å²) in [5, 5.41) is 5.90. The van der Waals surface area contributed by atoms with Gasteiger partial charge in [-0.25, -0.2) is 0 Å². The SMILES string of the molecule is CC[C@H](NC(=O)C[NH+](C)CC(=O)Nc1ccc(OC)cc1)c1ccc(C)cc1. The predicted octanol–water partition coefficient (Wildman–Crippen LogP) is 1.72. The van der Waals surface area contributed by atoms with Gasteiger partial charge in [0.05, 0.1) is 20.2 Å². The normalized spacial score (nSPS) is 12.7. The fourth-order valence-electron chi connectivity index (χ4n) is 2.96. The quantitative estimate of drug-likeness (QED) is 0.617. The number of benzene rings is 2. The Hall–Kier alpha value is -2.86. The van der Waals surface area contributed by atoms with Crippen LogP contribution in [-0.2, 0) is 9.59 Å². The third kappa shape index (κ3) is 6.70. The zero-order valence-electron chi connectivity index (χ0n) is 17.0. The Morgan fingerprint density at radius 1 is 1.00 bits per heavy atom. The summed E-state index contributed by atoms with van der Waals surface area (Å²) in [6.45, 7) is 4.53. The van der Waals surface area contributed by atoms with Crippen molar-refractivity contribution in [3.63, 3.8) is 0 Å². The summed E-state index contributed by atoms with van der Waals surface area (Å²) in [5.74, 6) is 0.527. The number of hydrogen-bond donors (Lipinski definition) is 3. The number of anilines is 1. The third-order valence-electron chi connectivity index (χ3n) is 4.52. The third-order valence-corrected chi connectivity index (χ3v) is 4.52. The van der Waals surface area contributed by atoms with E-state index in [4.69, 9.17) is 4.74 Å². The summed E-state index contributed by atoms with van der Waals surface area (Å²) in [6.07, 6.45) is 0.811. The Balaban J connectivity index is 1.81. The van der Waals surface area contributed by atoms with Gasteiger partial charge < -0.3 is 20.3 Å². The van der Waals surface area contributed by atoms with E-state index in [-0.39, 0.29) is 30.9 Å². The van der Waals surface area contributed by atoms with Gasteiger partial charge >= 0.3 is 0 Å². The number of rotatable bonds is 9. The molecule has 0 aromatic heterocycles. The molecule has 150 valence electrons. The lowest BCUT2D eigenvalue weighted by molar-refractivity contribution is -0.862. The highest BCUT2D eigenvalue weighted by Gasteiger charge is 2.18. The molecule has 3 N–H and O–H groups in total. The molecule has 2 amide bonds. The highest BCUT2D eigenvalue weighted by atomic mass is 16.5. The van der Waals surface area contributed by atoms with Crippen LogP contribution in [0, 0.1) is 6.92 Å². The largest absolute Gasteiger partial charge is 0.497 e. The maximum Gasteiger partial charge on any atom is 0.279 e. The zero-order chi connectivity index (χ0) is 20.5. The van der Waals surface area contributed by atoms with Crippen LogP contribution in [-0.4, -0.2) is 39.1 Å².